The molecule has 10 unspecified atom stereocenters. The van der Waals surface area contributed by atoms with Crippen molar-refractivity contribution in [1.29, 1.82) is 0 Å². The minimum atomic E-state index is -1.03. The molecule has 0 radical (unpaired) electrons. The Hall–Kier alpha value is -2.68. The van der Waals surface area contributed by atoms with Gasteiger partial charge in [0.25, 0.3) is 0 Å². The van der Waals surface area contributed by atoms with Crippen molar-refractivity contribution in [3.05, 3.63) is 24.3 Å². The maximum absolute atomic E-state index is 15.2. The monoisotopic (exact) mass is 885 g/mol. The number of ether oxygens (including phenoxy) is 4. The molecule has 63 heavy (non-hydrogen) atoms. The molecule has 0 aromatic carbocycles. The standard InChI is InChI=1S/C54H92O9/c1-22-38-27-34(3)26-37(6)53(38,21)63-45(58)52(20,32-46(7,8)9)49(15,16)36(5)28-39(42(55)61-41-24-25-60-44(41)57)50(17,18)48(13,14)31-40(47(10,11)12)43(56)62-54(23-2)30-35(4)29-51(19,59)33-54/h36-41,59H,3-4,22-33H2,1-2,5-21H3. The zero-order valence-corrected chi connectivity index (χ0v) is 43.6. The van der Waals surface area contributed by atoms with Crippen LogP contribution in [0.2, 0.25) is 0 Å². The Morgan fingerprint density at radius 3 is 1.90 bits per heavy atom. The van der Waals surface area contributed by atoms with Crippen LogP contribution < -0.4 is 0 Å². The molecule has 0 aromatic rings. The molecule has 1 heterocycles. The smallest absolute Gasteiger partial charge is 0.347 e. The van der Waals surface area contributed by atoms with Crippen LogP contribution >= 0.6 is 0 Å². The first-order valence-electron chi connectivity index (χ1n) is 24.2. The molecule has 0 aromatic heterocycles. The third-order valence-corrected chi connectivity index (χ3v) is 17.3. The van der Waals surface area contributed by atoms with E-state index in [1.807, 2.05) is 34.6 Å². The van der Waals surface area contributed by atoms with E-state index in [9.17, 15) is 19.5 Å². The highest BCUT2D eigenvalue weighted by Gasteiger charge is 2.58. The van der Waals surface area contributed by atoms with E-state index in [1.54, 1.807) is 6.92 Å². The Bertz CT molecular complexity index is 1700. The number of hydrogen-bond donors (Lipinski definition) is 1. The summed E-state index contributed by atoms with van der Waals surface area (Å²) in [5, 5.41) is 11.2. The fourth-order valence-corrected chi connectivity index (χ4v) is 11.6. The SMILES string of the molecule is C=C1CC(C)C(C)(OC(=O)C(C)(CC(C)(C)C)C(C)(C)C(C)CC(C(=O)OC2CCOC2=O)C(C)(C)C(C)(C)CC(C(=O)OC2(CC)CC(=C)CC(C)(O)C2)C(C)(C)C)C(CC)C1. The molecule has 9 nitrogen and oxygen atoms in total. The van der Waals surface area contributed by atoms with Gasteiger partial charge in [-0.15, -0.1) is 0 Å². The number of aliphatic hydroxyl groups is 1. The lowest BCUT2D eigenvalue weighted by atomic mass is 9.51. The van der Waals surface area contributed by atoms with Crippen molar-refractivity contribution >= 4 is 23.9 Å². The van der Waals surface area contributed by atoms with E-state index in [2.05, 4.69) is 103 Å². The average molecular weight is 885 g/mol. The summed E-state index contributed by atoms with van der Waals surface area (Å²) in [5.41, 5.74) is -4.41. The molecule has 1 N–H and O–H groups in total. The van der Waals surface area contributed by atoms with Crippen LogP contribution in [0.1, 0.15) is 202 Å². The topological polar surface area (TPSA) is 125 Å². The summed E-state index contributed by atoms with van der Waals surface area (Å²) in [6, 6.07) is 0. The fraction of sp³-hybridized carbons (Fsp3) is 0.852. The van der Waals surface area contributed by atoms with Gasteiger partial charge in [-0.3, -0.25) is 14.4 Å². The van der Waals surface area contributed by atoms with Crippen molar-refractivity contribution in [2.45, 2.75) is 225 Å². The van der Waals surface area contributed by atoms with Gasteiger partial charge in [-0.25, -0.2) is 4.79 Å². The maximum atomic E-state index is 15.2. The largest absolute Gasteiger partial charge is 0.463 e. The van der Waals surface area contributed by atoms with Crippen molar-refractivity contribution in [2.75, 3.05) is 6.61 Å². The van der Waals surface area contributed by atoms with E-state index < -0.39 is 73.8 Å². The molecule has 3 fully saturated rings. The number of carbonyl (C=O) groups is 4. The first-order valence-corrected chi connectivity index (χ1v) is 24.2. The van der Waals surface area contributed by atoms with Crippen LogP contribution in [0.3, 0.4) is 0 Å². The third kappa shape index (κ3) is 12.0. The lowest BCUT2D eigenvalue weighted by molar-refractivity contribution is -0.199. The van der Waals surface area contributed by atoms with Gasteiger partial charge in [-0.05, 0) is 111 Å². The van der Waals surface area contributed by atoms with Crippen LogP contribution in [0.5, 0.6) is 0 Å². The van der Waals surface area contributed by atoms with E-state index in [1.165, 1.54) is 5.57 Å². The van der Waals surface area contributed by atoms with E-state index >= 15 is 4.79 Å². The molecule has 9 heteroatoms. The number of esters is 4. The van der Waals surface area contributed by atoms with E-state index in [4.69, 9.17) is 18.9 Å². The van der Waals surface area contributed by atoms with Gasteiger partial charge in [-0.2, -0.15) is 0 Å². The van der Waals surface area contributed by atoms with Crippen molar-refractivity contribution < 1.29 is 43.2 Å². The zero-order valence-electron chi connectivity index (χ0n) is 43.6. The Kier molecular flexibility index (Phi) is 16.4. The molecule has 10 atom stereocenters. The predicted octanol–water partition coefficient (Wildman–Crippen LogP) is 12.6. The van der Waals surface area contributed by atoms with E-state index in [0.717, 1.165) is 24.8 Å². The number of hydrogen-bond acceptors (Lipinski definition) is 9. The third-order valence-electron chi connectivity index (χ3n) is 17.3. The number of rotatable bonds is 17. The Labute approximate surface area is 384 Å². The first kappa shape index (κ1) is 54.7. The van der Waals surface area contributed by atoms with Crippen LogP contribution in [-0.2, 0) is 38.1 Å². The molecular weight excluding hydrogens is 793 g/mol. The normalized spacial score (nSPS) is 30.2. The Balaban J connectivity index is 2.11. The lowest BCUT2D eigenvalue weighted by Crippen LogP contribution is -2.55. The predicted molar refractivity (Wildman–Crippen MR) is 252 cm³/mol. The molecular formula is C54H92O9. The van der Waals surface area contributed by atoms with Crippen LogP contribution in [0, 0.1) is 62.1 Å². The summed E-state index contributed by atoms with van der Waals surface area (Å²) >= 11 is 0. The lowest BCUT2D eigenvalue weighted by Gasteiger charge is -2.54. The van der Waals surface area contributed by atoms with Crippen LogP contribution in [0.15, 0.2) is 24.3 Å². The summed E-state index contributed by atoms with van der Waals surface area (Å²) in [4.78, 5) is 57.4. The van der Waals surface area contributed by atoms with Crippen molar-refractivity contribution in [3.8, 4) is 0 Å². The van der Waals surface area contributed by atoms with Gasteiger partial charge in [0.1, 0.15) is 11.2 Å². The van der Waals surface area contributed by atoms with Gasteiger partial charge in [0.05, 0.1) is 29.5 Å². The van der Waals surface area contributed by atoms with Gasteiger partial charge in [0, 0.05) is 25.2 Å². The van der Waals surface area contributed by atoms with Crippen LogP contribution in [0.4, 0.5) is 0 Å². The second-order valence-corrected chi connectivity index (χ2v) is 25.6. The first-order chi connectivity index (χ1) is 28.3. The molecule has 2 aliphatic carbocycles. The maximum Gasteiger partial charge on any atom is 0.347 e. The van der Waals surface area contributed by atoms with Gasteiger partial charge in [0.2, 0.25) is 6.10 Å². The van der Waals surface area contributed by atoms with E-state index in [0.29, 0.717) is 44.9 Å². The van der Waals surface area contributed by atoms with Crippen molar-refractivity contribution in [1.82, 2.24) is 0 Å². The minimum Gasteiger partial charge on any atom is -0.463 e. The molecule has 3 aliphatic rings. The quantitative estimate of drug-likeness (QED) is 0.0863. The molecule has 1 aliphatic heterocycles. The second-order valence-electron chi connectivity index (χ2n) is 25.6. The van der Waals surface area contributed by atoms with Crippen LogP contribution in [0.25, 0.3) is 0 Å². The number of carbonyl (C=O) groups excluding carboxylic acids is 4. The van der Waals surface area contributed by atoms with Gasteiger partial charge in [0.15, 0.2) is 0 Å². The fourth-order valence-electron chi connectivity index (χ4n) is 11.6. The summed E-state index contributed by atoms with van der Waals surface area (Å²) in [5.74, 6) is -2.85. The highest BCUT2D eigenvalue weighted by Crippen LogP contribution is 2.58. The molecule has 2 saturated carbocycles. The summed E-state index contributed by atoms with van der Waals surface area (Å²) < 4.78 is 24.7. The highest BCUT2D eigenvalue weighted by atomic mass is 16.6. The highest BCUT2D eigenvalue weighted by molar-refractivity contribution is 5.82. The Morgan fingerprint density at radius 2 is 1.43 bits per heavy atom. The number of cyclic esters (lactones) is 1. The summed E-state index contributed by atoms with van der Waals surface area (Å²) in [6.45, 7) is 48.3. The summed E-state index contributed by atoms with van der Waals surface area (Å²) in [6.07, 6.45) is 4.93. The van der Waals surface area contributed by atoms with Gasteiger partial charge < -0.3 is 24.1 Å². The zero-order chi connectivity index (χ0) is 48.7. The molecule has 0 spiro atoms. The molecule has 3 rings (SSSR count). The molecule has 1 saturated heterocycles. The molecule has 362 valence electrons. The summed E-state index contributed by atoms with van der Waals surface area (Å²) in [7, 11) is 0. The minimum absolute atomic E-state index is 0.107. The number of allylic oxidation sites excluding steroid dienone is 1. The van der Waals surface area contributed by atoms with Crippen molar-refractivity contribution in [3.63, 3.8) is 0 Å². The molecule has 0 amide bonds. The van der Waals surface area contributed by atoms with Crippen LogP contribution in [-0.4, -0.2) is 58.5 Å². The second kappa shape index (κ2) is 18.9. The molecule has 0 bridgehead atoms. The van der Waals surface area contributed by atoms with Gasteiger partial charge >= 0.3 is 23.9 Å². The van der Waals surface area contributed by atoms with Crippen molar-refractivity contribution in [2.24, 2.45) is 62.1 Å². The van der Waals surface area contributed by atoms with E-state index in [-0.39, 0.29) is 48.1 Å². The van der Waals surface area contributed by atoms with Gasteiger partial charge in [-0.1, -0.05) is 135 Å². The Morgan fingerprint density at radius 1 is 0.841 bits per heavy atom. The average Bonchev–Trinajstić information content (AvgIpc) is 3.51.